The molecule has 0 saturated carbocycles. The van der Waals surface area contributed by atoms with Crippen LogP contribution in [-0.2, 0) is 9.47 Å². The summed E-state index contributed by atoms with van der Waals surface area (Å²) in [7, 11) is 1.59. The monoisotopic (exact) mass is 286 g/mol. The molecule has 2 amide bonds. The van der Waals surface area contributed by atoms with Crippen LogP contribution >= 0.6 is 11.6 Å². The standard InChI is InChI=1S/C13H19ClN2O3/c1-9-6-10(2)12(11(14)7-9)16-13(17)15-8-19-5-4-18-3/h6-7H,4-5,8H2,1-3H3,(H2,15,16,17). The summed E-state index contributed by atoms with van der Waals surface area (Å²) in [5.74, 6) is 0. The SMILES string of the molecule is COCCOCNC(=O)Nc1c(C)cc(C)cc1Cl. The zero-order valence-corrected chi connectivity index (χ0v) is 12.1. The highest BCUT2D eigenvalue weighted by Gasteiger charge is 2.08. The van der Waals surface area contributed by atoms with Gasteiger partial charge in [-0.05, 0) is 31.0 Å². The first-order chi connectivity index (χ1) is 9.04. The van der Waals surface area contributed by atoms with Gasteiger partial charge in [-0.2, -0.15) is 0 Å². The minimum atomic E-state index is -0.355. The molecule has 1 aromatic rings. The van der Waals surface area contributed by atoms with Crippen molar-refractivity contribution in [2.24, 2.45) is 0 Å². The van der Waals surface area contributed by atoms with Gasteiger partial charge in [0, 0.05) is 7.11 Å². The Morgan fingerprint density at radius 1 is 1.32 bits per heavy atom. The molecular formula is C13H19ClN2O3. The number of hydrogen-bond donors (Lipinski definition) is 2. The zero-order valence-electron chi connectivity index (χ0n) is 11.4. The summed E-state index contributed by atoms with van der Waals surface area (Å²) in [4.78, 5) is 11.6. The van der Waals surface area contributed by atoms with Crippen LogP contribution < -0.4 is 10.6 Å². The van der Waals surface area contributed by atoms with Gasteiger partial charge in [-0.25, -0.2) is 4.79 Å². The fourth-order valence-electron chi connectivity index (χ4n) is 1.56. The van der Waals surface area contributed by atoms with Gasteiger partial charge in [-0.15, -0.1) is 0 Å². The maximum atomic E-state index is 11.6. The Morgan fingerprint density at radius 2 is 2.05 bits per heavy atom. The Labute approximate surface area is 118 Å². The zero-order chi connectivity index (χ0) is 14.3. The van der Waals surface area contributed by atoms with Crippen molar-refractivity contribution in [2.45, 2.75) is 13.8 Å². The lowest BCUT2D eigenvalue weighted by molar-refractivity contribution is 0.0650. The first-order valence-corrected chi connectivity index (χ1v) is 6.30. The van der Waals surface area contributed by atoms with Crippen LogP contribution in [0.5, 0.6) is 0 Å². The number of aryl methyl sites for hydroxylation is 2. The molecule has 0 aromatic heterocycles. The minimum Gasteiger partial charge on any atom is -0.382 e. The molecule has 0 bridgehead atoms. The van der Waals surface area contributed by atoms with Gasteiger partial charge in [0.15, 0.2) is 0 Å². The first kappa shape index (κ1) is 15.8. The quantitative estimate of drug-likeness (QED) is 0.624. The average molecular weight is 287 g/mol. The molecule has 1 rings (SSSR count). The second-order valence-corrected chi connectivity index (χ2v) is 4.52. The van der Waals surface area contributed by atoms with Crippen molar-refractivity contribution in [1.29, 1.82) is 0 Å². The first-order valence-electron chi connectivity index (χ1n) is 5.93. The Balaban J connectivity index is 2.44. The molecular weight excluding hydrogens is 268 g/mol. The normalized spacial score (nSPS) is 10.3. The maximum Gasteiger partial charge on any atom is 0.321 e. The second-order valence-electron chi connectivity index (χ2n) is 4.11. The smallest absolute Gasteiger partial charge is 0.321 e. The molecule has 0 spiro atoms. The van der Waals surface area contributed by atoms with E-state index in [0.29, 0.717) is 23.9 Å². The van der Waals surface area contributed by atoms with E-state index in [2.05, 4.69) is 10.6 Å². The molecule has 0 heterocycles. The van der Waals surface area contributed by atoms with Crippen LogP contribution in [0.3, 0.4) is 0 Å². The number of halogens is 1. The molecule has 0 aliphatic rings. The number of benzene rings is 1. The van der Waals surface area contributed by atoms with E-state index in [4.69, 9.17) is 21.1 Å². The van der Waals surface area contributed by atoms with E-state index in [9.17, 15) is 4.79 Å². The molecule has 5 nitrogen and oxygen atoms in total. The van der Waals surface area contributed by atoms with Crippen LogP contribution in [0.4, 0.5) is 10.5 Å². The number of carbonyl (C=O) groups excluding carboxylic acids is 1. The van der Waals surface area contributed by atoms with Crippen LogP contribution in [0, 0.1) is 13.8 Å². The average Bonchev–Trinajstić information content (AvgIpc) is 2.33. The predicted molar refractivity (Wildman–Crippen MR) is 75.8 cm³/mol. The van der Waals surface area contributed by atoms with Gasteiger partial charge in [0.05, 0.1) is 23.9 Å². The third-order valence-electron chi connectivity index (χ3n) is 2.44. The molecule has 19 heavy (non-hydrogen) atoms. The Hall–Kier alpha value is -1.30. The molecule has 106 valence electrons. The Bertz CT molecular complexity index is 415. The van der Waals surface area contributed by atoms with Crippen LogP contribution in [0.15, 0.2) is 12.1 Å². The fraction of sp³-hybridized carbons (Fsp3) is 0.462. The van der Waals surface area contributed by atoms with Gasteiger partial charge in [0.1, 0.15) is 6.73 Å². The van der Waals surface area contributed by atoms with Crippen molar-refractivity contribution < 1.29 is 14.3 Å². The summed E-state index contributed by atoms with van der Waals surface area (Å²) >= 11 is 6.09. The minimum absolute atomic E-state index is 0.123. The summed E-state index contributed by atoms with van der Waals surface area (Å²) < 4.78 is 9.95. The molecule has 0 aliphatic carbocycles. The van der Waals surface area contributed by atoms with E-state index < -0.39 is 0 Å². The second kappa shape index (κ2) is 7.99. The molecule has 2 N–H and O–H groups in total. The van der Waals surface area contributed by atoms with E-state index in [1.165, 1.54) is 0 Å². The number of anilines is 1. The number of methoxy groups -OCH3 is 1. The van der Waals surface area contributed by atoms with Crippen LogP contribution in [0.2, 0.25) is 5.02 Å². The molecule has 1 aromatic carbocycles. The van der Waals surface area contributed by atoms with Crippen LogP contribution in [-0.4, -0.2) is 33.1 Å². The summed E-state index contributed by atoms with van der Waals surface area (Å²) in [6, 6.07) is 3.40. The van der Waals surface area contributed by atoms with Crippen LogP contribution in [0.1, 0.15) is 11.1 Å². The molecule has 6 heteroatoms. The van der Waals surface area contributed by atoms with E-state index in [1.54, 1.807) is 13.2 Å². The van der Waals surface area contributed by atoms with Crippen molar-refractivity contribution >= 4 is 23.3 Å². The molecule has 0 saturated heterocycles. The van der Waals surface area contributed by atoms with E-state index in [-0.39, 0.29) is 12.8 Å². The number of nitrogens with one attached hydrogen (secondary N) is 2. The largest absolute Gasteiger partial charge is 0.382 e. The fourth-order valence-corrected chi connectivity index (χ4v) is 1.93. The maximum absolute atomic E-state index is 11.6. The van der Waals surface area contributed by atoms with Gasteiger partial charge in [0.2, 0.25) is 0 Å². The molecule has 0 unspecified atom stereocenters. The van der Waals surface area contributed by atoms with Gasteiger partial charge < -0.3 is 20.1 Å². The summed E-state index contributed by atoms with van der Waals surface area (Å²) in [5, 5.41) is 5.80. The number of hydrogen-bond acceptors (Lipinski definition) is 3. The number of carbonyl (C=O) groups is 1. The van der Waals surface area contributed by atoms with Crippen molar-refractivity contribution in [3.63, 3.8) is 0 Å². The van der Waals surface area contributed by atoms with E-state index in [0.717, 1.165) is 11.1 Å². The number of ether oxygens (including phenoxy) is 2. The molecule has 0 fully saturated rings. The molecule has 0 radical (unpaired) electrons. The van der Waals surface area contributed by atoms with Gasteiger partial charge in [-0.1, -0.05) is 17.7 Å². The summed E-state index contributed by atoms with van der Waals surface area (Å²) in [6.07, 6.45) is 0. The lowest BCUT2D eigenvalue weighted by Crippen LogP contribution is -2.31. The third-order valence-corrected chi connectivity index (χ3v) is 2.73. The molecule has 0 atom stereocenters. The topological polar surface area (TPSA) is 59.6 Å². The van der Waals surface area contributed by atoms with Crippen molar-refractivity contribution in [3.8, 4) is 0 Å². The van der Waals surface area contributed by atoms with Crippen LogP contribution in [0.25, 0.3) is 0 Å². The third kappa shape index (κ3) is 5.46. The lowest BCUT2D eigenvalue weighted by Gasteiger charge is -2.12. The highest BCUT2D eigenvalue weighted by molar-refractivity contribution is 6.34. The van der Waals surface area contributed by atoms with Crippen molar-refractivity contribution in [1.82, 2.24) is 5.32 Å². The Morgan fingerprint density at radius 3 is 2.68 bits per heavy atom. The molecule has 0 aliphatic heterocycles. The van der Waals surface area contributed by atoms with Gasteiger partial charge in [-0.3, -0.25) is 0 Å². The number of rotatable bonds is 6. The summed E-state index contributed by atoms with van der Waals surface area (Å²) in [5.41, 5.74) is 2.58. The Kier molecular flexibility index (Phi) is 6.62. The summed E-state index contributed by atoms with van der Waals surface area (Å²) in [6.45, 7) is 4.89. The van der Waals surface area contributed by atoms with Gasteiger partial charge in [0.25, 0.3) is 0 Å². The van der Waals surface area contributed by atoms with E-state index >= 15 is 0 Å². The van der Waals surface area contributed by atoms with Crippen molar-refractivity contribution in [2.75, 3.05) is 32.4 Å². The lowest BCUT2D eigenvalue weighted by atomic mass is 10.1. The van der Waals surface area contributed by atoms with E-state index in [1.807, 2.05) is 19.9 Å². The number of amides is 2. The highest BCUT2D eigenvalue weighted by Crippen LogP contribution is 2.27. The van der Waals surface area contributed by atoms with Gasteiger partial charge >= 0.3 is 6.03 Å². The van der Waals surface area contributed by atoms with Crippen molar-refractivity contribution in [3.05, 3.63) is 28.3 Å². The predicted octanol–water partition coefficient (Wildman–Crippen LogP) is 2.70. The number of urea groups is 1. The highest BCUT2D eigenvalue weighted by atomic mass is 35.5.